The molecule has 0 aliphatic carbocycles. The lowest BCUT2D eigenvalue weighted by molar-refractivity contribution is 0.100. The standard InChI is InChI=1S/C13H13ClN4O2/c1-20-8-2-3-10(14)11(5-8)18-13-9(12(16)19)4-7(15)6-17-13/h2-6H,15H2,1H3,(H2,16,19)(H,17,18). The molecule has 6 nitrogen and oxygen atoms in total. The molecule has 2 rings (SSSR count). The van der Waals surface area contributed by atoms with Crippen LogP contribution in [0.2, 0.25) is 5.02 Å². The molecular weight excluding hydrogens is 280 g/mol. The first-order valence-electron chi connectivity index (χ1n) is 5.67. The van der Waals surface area contributed by atoms with Crippen LogP contribution in [0.15, 0.2) is 30.5 Å². The number of benzene rings is 1. The van der Waals surface area contributed by atoms with Crippen molar-refractivity contribution in [1.29, 1.82) is 0 Å². The molecule has 0 aliphatic rings. The molecule has 20 heavy (non-hydrogen) atoms. The first kappa shape index (κ1) is 14.0. The van der Waals surface area contributed by atoms with E-state index in [0.29, 0.717) is 22.1 Å². The molecular formula is C13H13ClN4O2. The highest BCUT2D eigenvalue weighted by atomic mass is 35.5. The molecule has 0 saturated heterocycles. The minimum atomic E-state index is -0.633. The third-order valence-corrected chi connectivity index (χ3v) is 2.93. The minimum Gasteiger partial charge on any atom is -0.497 e. The second-order valence-electron chi connectivity index (χ2n) is 4.00. The molecule has 7 heteroatoms. The van der Waals surface area contributed by atoms with Gasteiger partial charge < -0.3 is 21.5 Å². The zero-order valence-corrected chi connectivity index (χ0v) is 11.4. The van der Waals surface area contributed by atoms with Gasteiger partial charge >= 0.3 is 0 Å². The average Bonchev–Trinajstić information content (AvgIpc) is 2.42. The molecule has 0 aliphatic heterocycles. The number of carbonyl (C=O) groups is 1. The van der Waals surface area contributed by atoms with E-state index in [9.17, 15) is 4.79 Å². The van der Waals surface area contributed by atoms with Gasteiger partial charge in [-0.25, -0.2) is 4.98 Å². The van der Waals surface area contributed by atoms with Crippen LogP contribution in [0.25, 0.3) is 0 Å². The van der Waals surface area contributed by atoms with Gasteiger partial charge in [-0.3, -0.25) is 4.79 Å². The van der Waals surface area contributed by atoms with Gasteiger partial charge in [0.1, 0.15) is 11.6 Å². The summed E-state index contributed by atoms with van der Waals surface area (Å²) in [5.41, 5.74) is 12.0. The largest absolute Gasteiger partial charge is 0.497 e. The maximum absolute atomic E-state index is 11.4. The quantitative estimate of drug-likeness (QED) is 0.801. The summed E-state index contributed by atoms with van der Waals surface area (Å²) in [6.45, 7) is 0. The number of halogens is 1. The fourth-order valence-electron chi connectivity index (χ4n) is 1.62. The molecule has 0 spiro atoms. The van der Waals surface area contributed by atoms with E-state index in [0.717, 1.165) is 0 Å². The number of nitrogens with zero attached hydrogens (tertiary/aromatic N) is 1. The highest BCUT2D eigenvalue weighted by Gasteiger charge is 2.12. The van der Waals surface area contributed by atoms with Gasteiger partial charge in [-0.15, -0.1) is 0 Å². The summed E-state index contributed by atoms with van der Waals surface area (Å²) in [6, 6.07) is 6.53. The highest BCUT2D eigenvalue weighted by Crippen LogP contribution is 2.30. The van der Waals surface area contributed by atoms with Crippen molar-refractivity contribution in [3.05, 3.63) is 41.0 Å². The van der Waals surface area contributed by atoms with E-state index in [4.69, 9.17) is 27.8 Å². The summed E-state index contributed by atoms with van der Waals surface area (Å²) in [5, 5.41) is 3.40. The molecule has 0 unspecified atom stereocenters. The van der Waals surface area contributed by atoms with Crippen molar-refractivity contribution < 1.29 is 9.53 Å². The van der Waals surface area contributed by atoms with Crippen molar-refractivity contribution in [1.82, 2.24) is 4.98 Å². The lowest BCUT2D eigenvalue weighted by Crippen LogP contribution is -2.15. The number of amides is 1. The fraction of sp³-hybridized carbons (Fsp3) is 0.0769. The van der Waals surface area contributed by atoms with Crippen molar-refractivity contribution >= 4 is 34.7 Å². The molecule has 0 radical (unpaired) electrons. The number of ether oxygens (including phenoxy) is 1. The number of nitrogens with two attached hydrogens (primary N) is 2. The molecule has 1 aromatic heterocycles. The SMILES string of the molecule is COc1ccc(Cl)c(Nc2ncc(N)cc2C(N)=O)c1. The zero-order chi connectivity index (χ0) is 14.7. The van der Waals surface area contributed by atoms with Gasteiger partial charge in [-0.1, -0.05) is 11.6 Å². The topological polar surface area (TPSA) is 103 Å². The van der Waals surface area contributed by atoms with Crippen LogP contribution < -0.4 is 21.5 Å². The van der Waals surface area contributed by atoms with Crippen molar-refractivity contribution in [2.45, 2.75) is 0 Å². The van der Waals surface area contributed by atoms with Crippen molar-refractivity contribution in [3.63, 3.8) is 0 Å². The van der Waals surface area contributed by atoms with E-state index in [2.05, 4.69) is 10.3 Å². The summed E-state index contributed by atoms with van der Waals surface area (Å²) in [7, 11) is 1.54. The van der Waals surface area contributed by atoms with Crippen molar-refractivity contribution in [2.75, 3.05) is 18.2 Å². The number of methoxy groups -OCH3 is 1. The third kappa shape index (κ3) is 2.92. The Kier molecular flexibility index (Phi) is 3.95. The summed E-state index contributed by atoms with van der Waals surface area (Å²) in [6.07, 6.45) is 1.42. The van der Waals surface area contributed by atoms with Gasteiger partial charge in [0.25, 0.3) is 5.91 Å². The van der Waals surface area contributed by atoms with Gasteiger partial charge in [0.2, 0.25) is 0 Å². The first-order valence-corrected chi connectivity index (χ1v) is 6.05. The Balaban J connectivity index is 2.42. The van der Waals surface area contributed by atoms with Crippen LogP contribution in [0, 0.1) is 0 Å². The maximum Gasteiger partial charge on any atom is 0.252 e. The number of nitrogen functional groups attached to an aromatic ring is 1. The number of carbonyl (C=O) groups excluding carboxylic acids is 1. The Morgan fingerprint density at radius 2 is 2.15 bits per heavy atom. The summed E-state index contributed by atoms with van der Waals surface area (Å²) in [5.74, 6) is 0.265. The van der Waals surface area contributed by atoms with Crippen molar-refractivity contribution in [3.8, 4) is 5.75 Å². The van der Waals surface area contributed by atoms with E-state index < -0.39 is 5.91 Å². The first-order chi connectivity index (χ1) is 9.51. The van der Waals surface area contributed by atoms with E-state index in [1.807, 2.05) is 0 Å². The molecule has 0 atom stereocenters. The third-order valence-electron chi connectivity index (χ3n) is 2.60. The van der Waals surface area contributed by atoms with Crippen LogP contribution in [0.4, 0.5) is 17.2 Å². The van der Waals surface area contributed by atoms with Crippen LogP contribution >= 0.6 is 11.6 Å². The minimum absolute atomic E-state index is 0.184. The molecule has 0 bridgehead atoms. The predicted molar refractivity (Wildman–Crippen MR) is 78.5 cm³/mol. The molecule has 104 valence electrons. The number of aromatic nitrogens is 1. The van der Waals surface area contributed by atoms with Crippen LogP contribution in [-0.2, 0) is 0 Å². The molecule has 5 N–H and O–H groups in total. The Hall–Kier alpha value is -2.47. The number of anilines is 3. The number of rotatable bonds is 4. The van der Waals surface area contributed by atoms with Gasteiger partial charge in [-0.05, 0) is 18.2 Å². The lowest BCUT2D eigenvalue weighted by atomic mass is 10.2. The van der Waals surface area contributed by atoms with Crippen LogP contribution in [0.3, 0.4) is 0 Å². The predicted octanol–water partition coefficient (Wildman–Crippen LogP) is 2.17. The van der Waals surface area contributed by atoms with Crippen LogP contribution in [0.5, 0.6) is 5.75 Å². The highest BCUT2D eigenvalue weighted by molar-refractivity contribution is 6.33. The fourth-order valence-corrected chi connectivity index (χ4v) is 1.79. The Labute approximate surface area is 120 Å². The lowest BCUT2D eigenvalue weighted by Gasteiger charge is -2.12. The normalized spacial score (nSPS) is 10.1. The Bertz CT molecular complexity index is 661. The van der Waals surface area contributed by atoms with Gasteiger partial charge in [-0.2, -0.15) is 0 Å². The zero-order valence-electron chi connectivity index (χ0n) is 10.7. The number of hydrogen-bond donors (Lipinski definition) is 3. The van der Waals surface area contributed by atoms with E-state index in [1.165, 1.54) is 12.3 Å². The second-order valence-corrected chi connectivity index (χ2v) is 4.41. The maximum atomic E-state index is 11.4. The molecule has 1 amide bonds. The Morgan fingerprint density at radius 1 is 1.40 bits per heavy atom. The summed E-state index contributed by atoms with van der Waals surface area (Å²) in [4.78, 5) is 15.5. The van der Waals surface area contributed by atoms with Gasteiger partial charge in [0.15, 0.2) is 0 Å². The van der Waals surface area contributed by atoms with Crippen LogP contribution in [0.1, 0.15) is 10.4 Å². The van der Waals surface area contributed by atoms with Gasteiger partial charge in [0.05, 0.1) is 35.3 Å². The Morgan fingerprint density at radius 3 is 2.80 bits per heavy atom. The smallest absolute Gasteiger partial charge is 0.252 e. The van der Waals surface area contributed by atoms with Crippen LogP contribution in [-0.4, -0.2) is 18.0 Å². The van der Waals surface area contributed by atoms with E-state index in [-0.39, 0.29) is 11.4 Å². The van der Waals surface area contributed by atoms with Gasteiger partial charge in [0, 0.05) is 6.07 Å². The number of primary amides is 1. The van der Waals surface area contributed by atoms with Crippen molar-refractivity contribution in [2.24, 2.45) is 5.73 Å². The number of pyridine rings is 1. The number of nitrogens with one attached hydrogen (secondary N) is 1. The molecule has 1 heterocycles. The molecule has 2 aromatic rings. The molecule has 0 saturated carbocycles. The number of hydrogen-bond acceptors (Lipinski definition) is 5. The summed E-state index contributed by atoms with van der Waals surface area (Å²) >= 11 is 6.08. The van der Waals surface area contributed by atoms with E-state index >= 15 is 0 Å². The molecule has 1 aromatic carbocycles. The van der Waals surface area contributed by atoms with E-state index in [1.54, 1.807) is 25.3 Å². The monoisotopic (exact) mass is 292 g/mol. The summed E-state index contributed by atoms with van der Waals surface area (Å²) < 4.78 is 5.11. The molecule has 0 fully saturated rings. The second kappa shape index (κ2) is 5.66. The average molecular weight is 293 g/mol.